The number of methoxy groups -OCH3 is 1. The van der Waals surface area contributed by atoms with Crippen LogP contribution in [0.25, 0.3) is 0 Å². The Hall–Kier alpha value is -2.38. The molecule has 0 aliphatic rings. The predicted molar refractivity (Wildman–Crippen MR) is 108 cm³/mol. The van der Waals surface area contributed by atoms with Gasteiger partial charge < -0.3 is 15.4 Å². The van der Waals surface area contributed by atoms with Crippen LogP contribution in [0.1, 0.15) is 11.1 Å². The molecule has 2 rings (SSSR count). The number of anilines is 2. The van der Waals surface area contributed by atoms with Gasteiger partial charge in [0.15, 0.2) is 10.2 Å². The zero-order valence-electron chi connectivity index (χ0n) is 13.8. The Morgan fingerprint density at radius 3 is 2.04 bits per heavy atom. The summed E-state index contributed by atoms with van der Waals surface area (Å²) in [4.78, 5) is 0. The van der Waals surface area contributed by atoms with Crippen molar-refractivity contribution >= 4 is 46.0 Å². The first kappa shape index (κ1) is 18.0. The van der Waals surface area contributed by atoms with Crippen LogP contribution < -0.4 is 26.2 Å². The van der Waals surface area contributed by atoms with Gasteiger partial charge in [-0.1, -0.05) is 12.1 Å². The van der Waals surface area contributed by atoms with E-state index in [0.29, 0.717) is 10.2 Å². The van der Waals surface area contributed by atoms with E-state index in [-0.39, 0.29) is 0 Å². The number of aryl methyl sites for hydroxylation is 2. The summed E-state index contributed by atoms with van der Waals surface area (Å²) in [7, 11) is 1.62. The number of thiocarbonyl (C=S) groups is 2. The molecule has 4 N–H and O–H groups in total. The summed E-state index contributed by atoms with van der Waals surface area (Å²) in [5, 5.41) is 6.96. The van der Waals surface area contributed by atoms with Crippen molar-refractivity contribution in [3.63, 3.8) is 0 Å². The summed E-state index contributed by atoms with van der Waals surface area (Å²) >= 11 is 10.5. The van der Waals surface area contributed by atoms with Crippen molar-refractivity contribution in [2.75, 3.05) is 17.7 Å². The first-order chi connectivity index (χ1) is 11.5. The number of benzene rings is 2. The molecule has 5 nitrogen and oxygen atoms in total. The highest BCUT2D eigenvalue weighted by Gasteiger charge is 2.02. The van der Waals surface area contributed by atoms with E-state index in [4.69, 9.17) is 29.2 Å². The second kappa shape index (κ2) is 8.47. The smallest absolute Gasteiger partial charge is 0.189 e. The van der Waals surface area contributed by atoms with Gasteiger partial charge in [0.25, 0.3) is 0 Å². The highest BCUT2D eigenvalue weighted by Crippen LogP contribution is 2.16. The molecule has 0 bridgehead atoms. The van der Waals surface area contributed by atoms with Gasteiger partial charge in [0.05, 0.1) is 7.11 Å². The molecular weight excluding hydrogens is 340 g/mol. The summed E-state index contributed by atoms with van der Waals surface area (Å²) in [6.45, 7) is 4.13. The minimum Gasteiger partial charge on any atom is -0.497 e. The molecule has 0 saturated heterocycles. The Labute approximate surface area is 152 Å². The molecule has 0 saturated carbocycles. The van der Waals surface area contributed by atoms with Crippen LogP contribution in [0.4, 0.5) is 11.4 Å². The van der Waals surface area contributed by atoms with Crippen LogP contribution in [0.5, 0.6) is 5.75 Å². The molecule has 0 aliphatic carbocycles. The molecule has 24 heavy (non-hydrogen) atoms. The van der Waals surface area contributed by atoms with E-state index >= 15 is 0 Å². The quantitative estimate of drug-likeness (QED) is 0.494. The first-order valence-corrected chi connectivity index (χ1v) is 8.15. The monoisotopic (exact) mass is 360 g/mol. The topological polar surface area (TPSA) is 57.4 Å². The van der Waals surface area contributed by atoms with Crippen LogP contribution in [-0.4, -0.2) is 17.3 Å². The predicted octanol–water partition coefficient (Wildman–Crippen LogP) is 3.50. The number of hydrogen-bond donors (Lipinski definition) is 4. The molecule has 0 fully saturated rings. The Bertz CT molecular complexity index is 749. The van der Waals surface area contributed by atoms with Crippen LogP contribution in [0, 0.1) is 13.8 Å². The molecule has 0 unspecified atom stereocenters. The molecule has 0 atom stereocenters. The fraction of sp³-hybridized carbons (Fsp3) is 0.176. The maximum Gasteiger partial charge on any atom is 0.189 e. The number of nitrogens with one attached hydrogen (secondary N) is 4. The molecule has 0 aromatic heterocycles. The maximum absolute atomic E-state index is 5.24. The van der Waals surface area contributed by atoms with E-state index in [9.17, 15) is 0 Å². The van der Waals surface area contributed by atoms with Crippen molar-refractivity contribution in [1.29, 1.82) is 0 Å². The lowest BCUT2D eigenvalue weighted by molar-refractivity contribution is 0.415. The second-order valence-electron chi connectivity index (χ2n) is 5.19. The SMILES string of the molecule is COc1cccc(NC(=S)NNC(=S)Nc2ccc(C)c(C)c2)c1. The van der Waals surface area contributed by atoms with Crippen molar-refractivity contribution < 1.29 is 4.74 Å². The van der Waals surface area contributed by atoms with Crippen molar-refractivity contribution in [1.82, 2.24) is 10.9 Å². The molecule has 126 valence electrons. The minimum absolute atomic E-state index is 0.396. The van der Waals surface area contributed by atoms with Gasteiger partial charge in [0.1, 0.15) is 5.75 Å². The van der Waals surface area contributed by atoms with Gasteiger partial charge >= 0.3 is 0 Å². The standard InChI is InChI=1S/C17H20N4OS2/c1-11-7-8-14(9-12(11)2)19-17(24)21-20-16(23)18-13-5-4-6-15(10-13)22-3/h4-10H,1-3H3,(H2,18,20,23)(H2,19,21,24). The number of hydrazine groups is 1. The van der Waals surface area contributed by atoms with E-state index in [1.54, 1.807) is 7.11 Å². The van der Waals surface area contributed by atoms with Crippen LogP contribution >= 0.6 is 24.4 Å². The van der Waals surface area contributed by atoms with Gasteiger partial charge in [-0.25, -0.2) is 0 Å². The Morgan fingerprint density at radius 1 is 0.833 bits per heavy atom. The fourth-order valence-corrected chi connectivity index (χ4v) is 2.30. The largest absolute Gasteiger partial charge is 0.497 e. The Balaban J connectivity index is 1.82. The van der Waals surface area contributed by atoms with E-state index in [0.717, 1.165) is 17.1 Å². The summed E-state index contributed by atoms with van der Waals surface area (Å²) < 4.78 is 5.17. The van der Waals surface area contributed by atoms with Crippen molar-refractivity contribution in [2.45, 2.75) is 13.8 Å². The van der Waals surface area contributed by atoms with Gasteiger partial charge in [-0.15, -0.1) is 0 Å². The summed E-state index contributed by atoms with van der Waals surface area (Å²) in [6.07, 6.45) is 0. The normalized spacial score (nSPS) is 9.79. The molecule has 7 heteroatoms. The highest BCUT2D eigenvalue weighted by molar-refractivity contribution is 7.81. The average Bonchev–Trinajstić information content (AvgIpc) is 2.56. The molecule has 0 radical (unpaired) electrons. The molecule has 0 spiro atoms. The van der Waals surface area contributed by atoms with Crippen molar-refractivity contribution in [3.05, 3.63) is 53.6 Å². The summed E-state index contributed by atoms with van der Waals surface area (Å²) in [6, 6.07) is 13.5. The third-order valence-corrected chi connectivity index (χ3v) is 3.79. The van der Waals surface area contributed by atoms with Crippen LogP contribution in [0.3, 0.4) is 0 Å². The minimum atomic E-state index is 0.396. The van der Waals surface area contributed by atoms with E-state index in [2.05, 4.69) is 35.3 Å². The Kier molecular flexibility index (Phi) is 6.34. The first-order valence-electron chi connectivity index (χ1n) is 7.33. The second-order valence-corrected chi connectivity index (χ2v) is 6.01. The molecule has 2 aromatic rings. The maximum atomic E-state index is 5.24. The molecular formula is C17H20N4OS2. The highest BCUT2D eigenvalue weighted by atomic mass is 32.1. The van der Waals surface area contributed by atoms with Gasteiger partial charge in [0, 0.05) is 17.4 Å². The van der Waals surface area contributed by atoms with Crippen LogP contribution in [0.15, 0.2) is 42.5 Å². The summed E-state index contributed by atoms with van der Waals surface area (Å²) in [5.41, 5.74) is 9.87. The average molecular weight is 361 g/mol. The number of hydrogen-bond acceptors (Lipinski definition) is 3. The number of ether oxygens (including phenoxy) is 1. The van der Waals surface area contributed by atoms with Gasteiger partial charge in [-0.2, -0.15) is 0 Å². The van der Waals surface area contributed by atoms with Gasteiger partial charge in [-0.05, 0) is 73.7 Å². The summed E-state index contributed by atoms with van der Waals surface area (Å²) in [5.74, 6) is 0.752. The van der Waals surface area contributed by atoms with Crippen molar-refractivity contribution in [2.24, 2.45) is 0 Å². The van der Waals surface area contributed by atoms with E-state index < -0.39 is 0 Å². The lowest BCUT2D eigenvalue weighted by atomic mass is 10.1. The lowest BCUT2D eigenvalue weighted by Crippen LogP contribution is -2.45. The number of rotatable bonds is 3. The van der Waals surface area contributed by atoms with E-state index in [1.807, 2.05) is 42.5 Å². The lowest BCUT2D eigenvalue weighted by Gasteiger charge is -2.15. The third-order valence-electron chi connectivity index (χ3n) is 3.38. The zero-order chi connectivity index (χ0) is 17.5. The van der Waals surface area contributed by atoms with E-state index in [1.165, 1.54) is 11.1 Å². The van der Waals surface area contributed by atoms with Crippen molar-refractivity contribution in [3.8, 4) is 5.75 Å². The van der Waals surface area contributed by atoms with Crippen LogP contribution in [0.2, 0.25) is 0 Å². The Morgan fingerprint density at radius 2 is 1.46 bits per heavy atom. The molecule has 0 aliphatic heterocycles. The molecule has 0 heterocycles. The van der Waals surface area contributed by atoms with Gasteiger partial charge in [-0.3, -0.25) is 10.9 Å². The zero-order valence-corrected chi connectivity index (χ0v) is 15.4. The van der Waals surface area contributed by atoms with Gasteiger partial charge in [0.2, 0.25) is 0 Å². The van der Waals surface area contributed by atoms with Crippen LogP contribution in [-0.2, 0) is 0 Å². The molecule has 2 aromatic carbocycles. The third kappa shape index (κ3) is 5.36. The fourth-order valence-electron chi connectivity index (χ4n) is 1.96. The molecule has 0 amide bonds.